The third kappa shape index (κ3) is 5.54. The van der Waals surface area contributed by atoms with Crippen LogP contribution in [0.3, 0.4) is 0 Å². The minimum absolute atomic E-state index is 0.901. The molecule has 0 aromatic rings. The molecule has 0 saturated heterocycles. The fraction of sp³-hybridized carbons (Fsp3) is 1.00. The Morgan fingerprint density at radius 3 is 1.35 bits per heavy atom. The van der Waals surface area contributed by atoms with E-state index in [-0.39, 0.29) is 0 Å². The van der Waals surface area contributed by atoms with Crippen LogP contribution < -0.4 is 0 Å². The summed E-state index contributed by atoms with van der Waals surface area (Å²) in [6.07, 6.45) is 6.13. The summed E-state index contributed by atoms with van der Waals surface area (Å²) < 4.78 is 0. The molecule has 0 nitrogen and oxygen atoms in total. The second-order valence-corrected chi connectivity index (χ2v) is 13.9. The molecule has 0 spiro atoms. The highest BCUT2D eigenvalue weighted by Gasteiger charge is 2.42. The molecule has 0 unspecified atom stereocenters. The Labute approximate surface area is 130 Å². The van der Waals surface area contributed by atoms with Gasteiger partial charge in [0.1, 0.15) is 0 Å². The zero-order valence-corrected chi connectivity index (χ0v) is 16.3. The molecule has 1 aliphatic carbocycles. The van der Waals surface area contributed by atoms with Crippen molar-refractivity contribution in [2.24, 2.45) is 23.7 Å². The van der Waals surface area contributed by atoms with Crippen LogP contribution in [0.5, 0.6) is 0 Å². The summed E-state index contributed by atoms with van der Waals surface area (Å²) in [4.78, 5) is 0. The molecule has 0 N–H and O–H groups in total. The van der Waals surface area contributed by atoms with Gasteiger partial charge in [-0.2, -0.15) is 0 Å². The van der Waals surface area contributed by atoms with Gasteiger partial charge in [-0.15, -0.1) is 0 Å². The van der Waals surface area contributed by atoms with Gasteiger partial charge >= 0.3 is 0 Å². The molecule has 1 rings (SSSR count). The van der Waals surface area contributed by atoms with Crippen LogP contribution in [0.4, 0.5) is 0 Å². The summed E-state index contributed by atoms with van der Waals surface area (Å²) in [6, 6.07) is 4.76. The van der Waals surface area contributed by atoms with E-state index in [1.165, 1.54) is 12.8 Å². The van der Waals surface area contributed by atoms with E-state index in [0.717, 1.165) is 29.2 Å². The Kier molecular flexibility index (Phi) is 7.32. The van der Waals surface area contributed by atoms with Gasteiger partial charge in [-0.05, 0) is 29.2 Å². The smallest absolute Gasteiger partial charge is 0.0574 e. The van der Waals surface area contributed by atoms with Crippen LogP contribution in [0.15, 0.2) is 0 Å². The summed E-state index contributed by atoms with van der Waals surface area (Å²) in [5.74, 6) is 3.70. The molecular formula is C19H40Si. The molecule has 0 radical (unpaired) electrons. The van der Waals surface area contributed by atoms with E-state index >= 15 is 0 Å². The third-order valence-electron chi connectivity index (χ3n) is 5.33. The normalized spacial score (nSPS) is 24.9. The SMILES string of the molecule is CC(C)C[Si](CC(C)C)(CC(C)C)C1CCC(C)CC1. The van der Waals surface area contributed by atoms with E-state index in [1.807, 2.05) is 0 Å². The van der Waals surface area contributed by atoms with Crippen LogP contribution in [0.25, 0.3) is 0 Å². The maximum Gasteiger partial charge on any atom is 0.0574 e. The molecule has 1 saturated carbocycles. The van der Waals surface area contributed by atoms with Crippen molar-refractivity contribution in [3.05, 3.63) is 0 Å². The van der Waals surface area contributed by atoms with Crippen molar-refractivity contribution in [3.63, 3.8) is 0 Å². The predicted molar refractivity (Wildman–Crippen MR) is 96.1 cm³/mol. The average molecular weight is 297 g/mol. The highest BCUT2D eigenvalue weighted by molar-refractivity contribution is 6.81. The Hall–Kier alpha value is 0.217. The molecule has 120 valence electrons. The second-order valence-electron chi connectivity index (χ2n) is 9.11. The first-order chi connectivity index (χ1) is 9.25. The summed E-state index contributed by atoms with van der Waals surface area (Å²) in [5.41, 5.74) is 1.13. The summed E-state index contributed by atoms with van der Waals surface area (Å²) in [7, 11) is -1.11. The zero-order valence-electron chi connectivity index (χ0n) is 15.3. The maximum absolute atomic E-state index is 2.47. The lowest BCUT2D eigenvalue weighted by Gasteiger charge is -2.45. The van der Waals surface area contributed by atoms with E-state index in [4.69, 9.17) is 0 Å². The van der Waals surface area contributed by atoms with Crippen molar-refractivity contribution in [2.45, 2.75) is 97.8 Å². The molecule has 0 aliphatic heterocycles. The van der Waals surface area contributed by atoms with E-state index < -0.39 is 8.07 Å². The van der Waals surface area contributed by atoms with E-state index in [0.29, 0.717) is 0 Å². The molecule has 0 aromatic heterocycles. The first-order valence-electron chi connectivity index (χ1n) is 9.25. The molecule has 0 aromatic carbocycles. The molecule has 0 heterocycles. The van der Waals surface area contributed by atoms with Crippen LogP contribution in [0.1, 0.15) is 74.1 Å². The Balaban J connectivity index is 2.93. The van der Waals surface area contributed by atoms with Crippen molar-refractivity contribution in [1.82, 2.24) is 0 Å². The summed E-state index contributed by atoms with van der Waals surface area (Å²) in [5, 5.41) is 0. The topological polar surface area (TPSA) is 0 Å². The number of hydrogen-bond acceptors (Lipinski definition) is 0. The van der Waals surface area contributed by atoms with Gasteiger partial charge < -0.3 is 0 Å². The van der Waals surface area contributed by atoms with Gasteiger partial charge in [0.25, 0.3) is 0 Å². The standard InChI is InChI=1S/C19H40Si/c1-15(2)12-20(13-16(3)4,14-17(5)6)19-10-8-18(7)9-11-19/h15-19H,8-14H2,1-7H3. The average Bonchev–Trinajstić information content (AvgIpc) is 2.26. The fourth-order valence-corrected chi connectivity index (χ4v) is 13.0. The Morgan fingerprint density at radius 1 is 0.700 bits per heavy atom. The van der Waals surface area contributed by atoms with Crippen LogP contribution in [-0.4, -0.2) is 8.07 Å². The summed E-state index contributed by atoms with van der Waals surface area (Å²) >= 11 is 0. The van der Waals surface area contributed by atoms with Gasteiger partial charge in [-0.3, -0.25) is 0 Å². The van der Waals surface area contributed by atoms with Crippen LogP contribution >= 0.6 is 0 Å². The molecule has 0 bridgehead atoms. The molecule has 20 heavy (non-hydrogen) atoms. The minimum atomic E-state index is -1.11. The van der Waals surface area contributed by atoms with Crippen LogP contribution in [-0.2, 0) is 0 Å². The van der Waals surface area contributed by atoms with Crippen molar-refractivity contribution >= 4 is 8.07 Å². The highest BCUT2D eigenvalue weighted by atomic mass is 28.3. The number of hydrogen-bond donors (Lipinski definition) is 0. The Morgan fingerprint density at radius 2 is 1.05 bits per heavy atom. The molecule has 0 atom stereocenters. The van der Waals surface area contributed by atoms with Gasteiger partial charge in [-0.1, -0.05) is 92.3 Å². The first-order valence-corrected chi connectivity index (χ1v) is 11.9. The lowest BCUT2D eigenvalue weighted by Crippen LogP contribution is -2.44. The van der Waals surface area contributed by atoms with Gasteiger partial charge in [0, 0.05) is 0 Å². The van der Waals surface area contributed by atoms with E-state index in [9.17, 15) is 0 Å². The van der Waals surface area contributed by atoms with Gasteiger partial charge in [0.05, 0.1) is 8.07 Å². The van der Waals surface area contributed by atoms with Crippen molar-refractivity contribution in [3.8, 4) is 0 Å². The van der Waals surface area contributed by atoms with E-state index in [1.54, 1.807) is 31.0 Å². The van der Waals surface area contributed by atoms with Crippen LogP contribution in [0.2, 0.25) is 23.7 Å². The fourth-order valence-electron chi connectivity index (χ4n) is 5.06. The monoisotopic (exact) mass is 296 g/mol. The lowest BCUT2D eigenvalue weighted by atomic mass is 9.90. The predicted octanol–water partition coefficient (Wildman–Crippen LogP) is 6.98. The summed E-state index contributed by atoms with van der Waals surface area (Å²) in [6.45, 7) is 17.3. The van der Waals surface area contributed by atoms with Crippen molar-refractivity contribution in [1.29, 1.82) is 0 Å². The molecule has 0 amide bonds. The van der Waals surface area contributed by atoms with Crippen LogP contribution in [0, 0.1) is 23.7 Å². The molecule has 1 heteroatoms. The maximum atomic E-state index is 2.47. The molecular weight excluding hydrogens is 256 g/mol. The van der Waals surface area contributed by atoms with E-state index in [2.05, 4.69) is 48.5 Å². The largest absolute Gasteiger partial charge is 0.0630 e. The quantitative estimate of drug-likeness (QED) is 0.444. The van der Waals surface area contributed by atoms with Gasteiger partial charge in [0.2, 0.25) is 0 Å². The number of rotatable bonds is 7. The Bertz CT molecular complexity index is 232. The molecule has 1 fully saturated rings. The minimum Gasteiger partial charge on any atom is -0.0630 e. The third-order valence-corrected chi connectivity index (χ3v) is 12.5. The van der Waals surface area contributed by atoms with Crippen molar-refractivity contribution < 1.29 is 0 Å². The first kappa shape index (κ1) is 18.3. The second kappa shape index (κ2) is 8.01. The zero-order chi connectivity index (χ0) is 15.3. The molecule has 1 aliphatic rings. The van der Waals surface area contributed by atoms with Crippen molar-refractivity contribution in [2.75, 3.05) is 0 Å². The lowest BCUT2D eigenvalue weighted by molar-refractivity contribution is 0.372. The van der Waals surface area contributed by atoms with Gasteiger partial charge in [-0.25, -0.2) is 0 Å². The highest BCUT2D eigenvalue weighted by Crippen LogP contribution is 2.48. The van der Waals surface area contributed by atoms with Gasteiger partial charge in [0.15, 0.2) is 0 Å².